The molecule has 2 rings (SSSR count). The summed E-state index contributed by atoms with van der Waals surface area (Å²) in [5, 5.41) is 6.93. The van der Waals surface area contributed by atoms with Crippen LogP contribution in [0.4, 0.5) is 0 Å². The van der Waals surface area contributed by atoms with Crippen LogP contribution in [-0.4, -0.2) is 17.8 Å². The molecule has 1 atom stereocenters. The number of rotatable bonds is 3. The van der Waals surface area contributed by atoms with E-state index < -0.39 is 0 Å². The van der Waals surface area contributed by atoms with Crippen molar-refractivity contribution in [3.8, 4) is 0 Å². The minimum atomic E-state index is 0. The van der Waals surface area contributed by atoms with Gasteiger partial charge in [0, 0.05) is 18.8 Å². The van der Waals surface area contributed by atoms with Gasteiger partial charge in [-0.3, -0.25) is 10.6 Å². The van der Waals surface area contributed by atoms with Gasteiger partial charge in [-0.05, 0) is 30.5 Å². The lowest BCUT2D eigenvalue weighted by Crippen LogP contribution is -2.34. The molecule has 1 fully saturated rings. The van der Waals surface area contributed by atoms with Crippen molar-refractivity contribution in [1.29, 1.82) is 0 Å². The van der Waals surface area contributed by atoms with E-state index in [1.807, 2.05) is 11.8 Å². The fourth-order valence-electron chi connectivity index (χ4n) is 1.76. The summed E-state index contributed by atoms with van der Waals surface area (Å²) in [6.45, 7) is 6.44. The lowest BCUT2D eigenvalue weighted by Gasteiger charge is -2.14. The van der Waals surface area contributed by atoms with E-state index in [0.29, 0.717) is 5.50 Å². The molecule has 0 aromatic heterocycles. The van der Waals surface area contributed by atoms with Crippen molar-refractivity contribution in [3.63, 3.8) is 0 Å². The van der Waals surface area contributed by atoms with Crippen LogP contribution in [0.3, 0.4) is 0 Å². The van der Waals surface area contributed by atoms with Gasteiger partial charge in [0.1, 0.15) is 5.50 Å². The van der Waals surface area contributed by atoms with E-state index >= 15 is 0 Å². The summed E-state index contributed by atoms with van der Waals surface area (Å²) >= 11 is 1.95. The topological polar surface area (TPSA) is 24.1 Å². The Morgan fingerprint density at radius 3 is 2.94 bits per heavy atom. The zero-order chi connectivity index (χ0) is 10.7. The van der Waals surface area contributed by atoms with E-state index in [9.17, 15) is 0 Å². The molecule has 90 valence electrons. The van der Waals surface area contributed by atoms with Crippen molar-refractivity contribution >= 4 is 24.2 Å². The highest BCUT2D eigenvalue weighted by Gasteiger charge is 2.13. The quantitative estimate of drug-likeness (QED) is 0.871. The molecule has 0 radical (unpaired) electrons. The van der Waals surface area contributed by atoms with Crippen LogP contribution in [0.15, 0.2) is 18.2 Å². The lowest BCUT2D eigenvalue weighted by molar-refractivity contribution is 0.577. The highest BCUT2D eigenvalue weighted by Crippen LogP contribution is 2.15. The molecule has 1 heterocycles. The molecule has 2 N–H and O–H groups in total. The first-order valence-corrected chi connectivity index (χ1v) is 6.46. The number of benzene rings is 1. The maximum atomic E-state index is 3.52. The molecule has 0 saturated carbocycles. The van der Waals surface area contributed by atoms with Gasteiger partial charge in [0.15, 0.2) is 0 Å². The van der Waals surface area contributed by atoms with Crippen LogP contribution in [0.2, 0.25) is 0 Å². The molecule has 1 unspecified atom stereocenters. The highest BCUT2D eigenvalue weighted by molar-refractivity contribution is 8.00. The Kier molecular flexibility index (Phi) is 5.62. The van der Waals surface area contributed by atoms with Crippen LogP contribution in [-0.2, 0) is 6.54 Å². The Hall–Kier alpha value is -0.220. The van der Waals surface area contributed by atoms with Crippen molar-refractivity contribution in [3.05, 3.63) is 34.9 Å². The molecule has 16 heavy (non-hydrogen) atoms. The average molecular weight is 259 g/mol. The van der Waals surface area contributed by atoms with Crippen molar-refractivity contribution < 1.29 is 0 Å². The summed E-state index contributed by atoms with van der Waals surface area (Å²) in [6, 6.07) is 6.50. The molecular formula is C12H19ClN2S. The van der Waals surface area contributed by atoms with Gasteiger partial charge in [0.2, 0.25) is 0 Å². The van der Waals surface area contributed by atoms with E-state index in [4.69, 9.17) is 0 Å². The SMILES string of the molecule is Cc1cccc(CNC2NCCS2)c1C.Cl. The largest absolute Gasteiger partial charge is 0.293 e. The molecule has 0 aliphatic carbocycles. The van der Waals surface area contributed by atoms with Gasteiger partial charge in [-0.2, -0.15) is 0 Å². The van der Waals surface area contributed by atoms with Crippen molar-refractivity contribution in [2.45, 2.75) is 25.9 Å². The second-order valence-electron chi connectivity index (χ2n) is 3.94. The first kappa shape index (κ1) is 13.8. The monoisotopic (exact) mass is 258 g/mol. The smallest absolute Gasteiger partial charge is 0.106 e. The van der Waals surface area contributed by atoms with E-state index in [0.717, 1.165) is 13.1 Å². The lowest BCUT2D eigenvalue weighted by atomic mass is 10.0. The molecule has 1 saturated heterocycles. The maximum Gasteiger partial charge on any atom is 0.106 e. The molecule has 1 aromatic carbocycles. The number of aryl methyl sites for hydroxylation is 1. The van der Waals surface area contributed by atoms with Crippen molar-refractivity contribution in [2.75, 3.05) is 12.3 Å². The Bertz CT molecular complexity index is 338. The minimum absolute atomic E-state index is 0. The van der Waals surface area contributed by atoms with Crippen LogP contribution in [0.25, 0.3) is 0 Å². The normalized spacial score (nSPS) is 19.5. The standard InChI is InChI=1S/C12H18N2S.ClH/c1-9-4-3-5-11(10(9)2)8-14-12-13-6-7-15-12;/h3-5,12-14H,6-8H2,1-2H3;1H. The Labute approximate surface area is 108 Å². The minimum Gasteiger partial charge on any atom is -0.293 e. The first-order valence-electron chi connectivity index (χ1n) is 5.41. The van der Waals surface area contributed by atoms with Gasteiger partial charge in [-0.1, -0.05) is 18.2 Å². The Morgan fingerprint density at radius 2 is 2.25 bits per heavy atom. The molecular weight excluding hydrogens is 240 g/mol. The summed E-state index contributed by atoms with van der Waals surface area (Å²) < 4.78 is 0. The number of halogens is 1. The van der Waals surface area contributed by atoms with Gasteiger partial charge >= 0.3 is 0 Å². The van der Waals surface area contributed by atoms with Crippen LogP contribution in [0.1, 0.15) is 16.7 Å². The molecule has 4 heteroatoms. The van der Waals surface area contributed by atoms with E-state index in [-0.39, 0.29) is 12.4 Å². The number of hydrogen-bond donors (Lipinski definition) is 2. The Morgan fingerprint density at radius 1 is 1.44 bits per heavy atom. The molecule has 0 amide bonds. The third-order valence-corrected chi connectivity index (χ3v) is 4.02. The second kappa shape index (κ2) is 6.50. The Balaban J connectivity index is 0.00000128. The third kappa shape index (κ3) is 3.39. The summed E-state index contributed by atoms with van der Waals surface area (Å²) in [5.74, 6) is 1.21. The summed E-state index contributed by atoms with van der Waals surface area (Å²) in [7, 11) is 0. The van der Waals surface area contributed by atoms with Crippen LogP contribution < -0.4 is 10.6 Å². The predicted molar refractivity (Wildman–Crippen MR) is 74.3 cm³/mol. The van der Waals surface area contributed by atoms with E-state index in [2.05, 4.69) is 42.7 Å². The molecule has 0 bridgehead atoms. The van der Waals surface area contributed by atoms with Gasteiger partial charge in [0.25, 0.3) is 0 Å². The maximum absolute atomic E-state index is 3.52. The van der Waals surface area contributed by atoms with Crippen molar-refractivity contribution in [2.24, 2.45) is 0 Å². The van der Waals surface area contributed by atoms with Crippen LogP contribution in [0.5, 0.6) is 0 Å². The average Bonchev–Trinajstić information content (AvgIpc) is 2.73. The number of hydrogen-bond acceptors (Lipinski definition) is 3. The predicted octanol–water partition coefficient (Wildman–Crippen LogP) is 2.43. The van der Waals surface area contributed by atoms with Gasteiger partial charge in [-0.15, -0.1) is 24.2 Å². The molecule has 1 aliphatic rings. The fraction of sp³-hybridized carbons (Fsp3) is 0.500. The zero-order valence-corrected chi connectivity index (χ0v) is 11.4. The van der Waals surface area contributed by atoms with Gasteiger partial charge < -0.3 is 0 Å². The molecule has 1 aliphatic heterocycles. The first-order chi connectivity index (χ1) is 7.27. The number of thioether (sulfide) groups is 1. The molecule has 0 spiro atoms. The molecule has 1 aromatic rings. The number of nitrogens with one attached hydrogen (secondary N) is 2. The van der Waals surface area contributed by atoms with Crippen LogP contribution >= 0.6 is 24.2 Å². The summed E-state index contributed by atoms with van der Waals surface area (Å²) in [4.78, 5) is 0. The van der Waals surface area contributed by atoms with Gasteiger partial charge in [0.05, 0.1) is 0 Å². The second-order valence-corrected chi connectivity index (χ2v) is 5.16. The fourth-order valence-corrected chi connectivity index (χ4v) is 2.67. The summed E-state index contributed by atoms with van der Waals surface area (Å²) in [6.07, 6.45) is 0. The molecule has 2 nitrogen and oxygen atoms in total. The van der Waals surface area contributed by atoms with Crippen molar-refractivity contribution in [1.82, 2.24) is 10.6 Å². The van der Waals surface area contributed by atoms with E-state index in [1.54, 1.807) is 0 Å². The van der Waals surface area contributed by atoms with E-state index in [1.165, 1.54) is 22.4 Å². The third-order valence-electron chi connectivity index (χ3n) is 2.91. The van der Waals surface area contributed by atoms with Gasteiger partial charge in [-0.25, -0.2) is 0 Å². The zero-order valence-electron chi connectivity index (χ0n) is 9.75. The highest BCUT2D eigenvalue weighted by atomic mass is 35.5. The van der Waals surface area contributed by atoms with Crippen LogP contribution in [0, 0.1) is 13.8 Å². The summed E-state index contributed by atoms with van der Waals surface area (Å²) in [5.41, 5.74) is 4.63.